The molecule has 0 aliphatic rings. The Labute approximate surface area is 216 Å². The van der Waals surface area contributed by atoms with Crippen LogP contribution in [0.4, 0.5) is 39.5 Å². The largest absolute Gasteiger partial charge is 0.461 e. The van der Waals surface area contributed by atoms with Gasteiger partial charge in [0.15, 0.2) is 0 Å². The number of nitrogens with two attached hydrogens (primary N) is 1. The molecule has 2 atom stereocenters. The van der Waals surface area contributed by atoms with Crippen LogP contribution in [0.15, 0.2) is 72.8 Å². The first-order valence-corrected chi connectivity index (χ1v) is 11.2. The molecule has 3 aromatic carbocycles. The highest BCUT2D eigenvalue weighted by molar-refractivity contribution is 5.83. The van der Waals surface area contributed by atoms with Gasteiger partial charge in [-0.15, -0.1) is 0 Å². The summed E-state index contributed by atoms with van der Waals surface area (Å²) in [6.45, 7) is 0. The third-order valence-electron chi connectivity index (χ3n) is 5.68. The number of benzene rings is 3. The third kappa shape index (κ3) is 7.43. The Hall–Kier alpha value is -3.74. The number of nitrogens with one attached hydrogen (secondary N) is 1. The highest BCUT2D eigenvalue weighted by atomic mass is 19.4. The number of alkyl halides is 7. The van der Waals surface area contributed by atoms with E-state index in [1.54, 1.807) is 30.3 Å². The molecule has 0 spiro atoms. The van der Waals surface area contributed by atoms with E-state index in [4.69, 9.17) is 5.73 Å². The molecule has 3 N–H and O–H groups in total. The molecule has 0 aliphatic heterocycles. The molecule has 0 saturated carbocycles. The van der Waals surface area contributed by atoms with Crippen molar-refractivity contribution >= 4 is 5.91 Å². The lowest BCUT2D eigenvalue weighted by molar-refractivity contribution is -0.253. The molecule has 1 amide bonds. The number of rotatable bonds is 10. The van der Waals surface area contributed by atoms with Crippen molar-refractivity contribution in [2.75, 3.05) is 0 Å². The number of ether oxygens (including phenoxy) is 1. The number of amides is 1. The Morgan fingerprint density at radius 3 is 2.05 bits per heavy atom. The van der Waals surface area contributed by atoms with Crippen LogP contribution in [0.1, 0.15) is 23.1 Å². The minimum atomic E-state index is -4.95. The van der Waals surface area contributed by atoms with Crippen molar-refractivity contribution in [3.05, 3.63) is 101 Å². The summed E-state index contributed by atoms with van der Waals surface area (Å²) in [5, 5.41) is 2.34. The number of hydrogen-bond donors (Lipinski definition) is 2. The molecular weight excluding hydrogens is 543 g/mol. The smallest absolute Gasteiger partial charge is 0.428 e. The highest BCUT2D eigenvalue weighted by Crippen LogP contribution is 2.38. The molecule has 0 bridgehead atoms. The predicted molar refractivity (Wildman–Crippen MR) is 122 cm³/mol. The lowest BCUT2D eigenvalue weighted by Crippen LogP contribution is -2.54. The van der Waals surface area contributed by atoms with Gasteiger partial charge in [0.2, 0.25) is 5.91 Å². The quantitative estimate of drug-likeness (QED) is 0.294. The summed E-state index contributed by atoms with van der Waals surface area (Å²) >= 11 is 0. The second-order valence-corrected chi connectivity index (χ2v) is 8.60. The Kier molecular flexibility index (Phi) is 8.84. The zero-order valence-corrected chi connectivity index (χ0v) is 19.8. The van der Waals surface area contributed by atoms with Crippen molar-refractivity contribution in [2.45, 2.75) is 43.1 Å². The monoisotopic (exact) mass is 564 g/mol. The summed E-state index contributed by atoms with van der Waals surface area (Å²) < 4.78 is 124. The average molecular weight is 564 g/mol. The van der Waals surface area contributed by atoms with E-state index in [-0.39, 0.29) is 12.0 Å². The van der Waals surface area contributed by atoms with Crippen LogP contribution in [-0.2, 0) is 16.8 Å². The Balaban J connectivity index is 2.20. The zero-order chi connectivity index (χ0) is 29.0. The topological polar surface area (TPSA) is 64.4 Å². The van der Waals surface area contributed by atoms with Crippen LogP contribution < -0.4 is 15.8 Å². The molecule has 39 heavy (non-hydrogen) atoms. The minimum absolute atomic E-state index is 0.00853. The van der Waals surface area contributed by atoms with Gasteiger partial charge >= 0.3 is 18.7 Å². The van der Waals surface area contributed by atoms with Crippen molar-refractivity contribution in [1.82, 2.24) is 5.32 Å². The first-order valence-electron chi connectivity index (χ1n) is 11.2. The van der Waals surface area contributed by atoms with E-state index in [1.165, 1.54) is 0 Å². The Morgan fingerprint density at radius 2 is 1.51 bits per heavy atom. The molecule has 0 saturated heterocycles. The summed E-state index contributed by atoms with van der Waals surface area (Å²) in [5.41, 5.74) is 3.36. The SMILES string of the molecule is NC(CC(F)(F)F)C(=O)NC(Cc1ccccc1)(c1ccc(F)cc1)c1ccc(OC(F)(F)C(F)F)cc1F. The van der Waals surface area contributed by atoms with Crippen LogP contribution in [0.25, 0.3) is 0 Å². The molecule has 3 aromatic rings. The first kappa shape index (κ1) is 29.8. The van der Waals surface area contributed by atoms with E-state index in [1.807, 2.05) is 0 Å². The van der Waals surface area contributed by atoms with Gasteiger partial charge in [-0.25, -0.2) is 8.78 Å². The van der Waals surface area contributed by atoms with Crippen LogP contribution in [0.3, 0.4) is 0 Å². The van der Waals surface area contributed by atoms with Gasteiger partial charge < -0.3 is 15.8 Å². The number of halogens is 9. The van der Waals surface area contributed by atoms with Crippen LogP contribution in [0.2, 0.25) is 0 Å². The van der Waals surface area contributed by atoms with Crippen molar-refractivity contribution in [3.8, 4) is 5.75 Å². The maximum absolute atomic E-state index is 15.6. The molecule has 210 valence electrons. The number of carbonyl (C=O) groups excluding carboxylic acids is 1. The Morgan fingerprint density at radius 1 is 0.897 bits per heavy atom. The zero-order valence-electron chi connectivity index (χ0n) is 19.8. The highest BCUT2D eigenvalue weighted by Gasteiger charge is 2.45. The van der Waals surface area contributed by atoms with Gasteiger partial charge in [-0.05, 0) is 35.4 Å². The van der Waals surface area contributed by atoms with Gasteiger partial charge in [0.25, 0.3) is 0 Å². The average Bonchev–Trinajstić information content (AvgIpc) is 2.83. The minimum Gasteiger partial charge on any atom is -0.428 e. The second-order valence-electron chi connectivity index (χ2n) is 8.60. The number of carbonyl (C=O) groups is 1. The number of hydrogen-bond acceptors (Lipinski definition) is 3. The van der Waals surface area contributed by atoms with Crippen LogP contribution >= 0.6 is 0 Å². The maximum atomic E-state index is 15.6. The summed E-state index contributed by atoms with van der Waals surface area (Å²) in [6.07, 6.45) is -16.1. The van der Waals surface area contributed by atoms with Gasteiger partial charge in [0, 0.05) is 18.1 Å². The van der Waals surface area contributed by atoms with Gasteiger partial charge in [0.1, 0.15) is 17.4 Å². The summed E-state index contributed by atoms with van der Waals surface area (Å²) in [6, 6.07) is 11.9. The molecule has 3 rings (SSSR count). The maximum Gasteiger partial charge on any atom is 0.461 e. The van der Waals surface area contributed by atoms with Gasteiger partial charge in [-0.2, -0.15) is 30.7 Å². The molecule has 0 radical (unpaired) electrons. The van der Waals surface area contributed by atoms with Crippen molar-refractivity contribution in [3.63, 3.8) is 0 Å². The molecule has 0 aromatic heterocycles. The fourth-order valence-electron chi connectivity index (χ4n) is 3.93. The molecule has 0 heterocycles. The standard InChI is InChI=1S/C26H21F9N2O2/c27-17-8-6-16(7-9-17)24(13-15-4-2-1-3-5-15,37-22(38)21(36)14-25(31,32)33)19-11-10-18(12-20(19)28)39-26(34,35)23(29)30/h1-12,21,23H,13-14,36H2,(H,37,38). The fourth-order valence-corrected chi connectivity index (χ4v) is 3.93. The lowest BCUT2D eigenvalue weighted by Gasteiger charge is -2.37. The van der Waals surface area contributed by atoms with Crippen molar-refractivity contribution in [2.24, 2.45) is 5.73 Å². The van der Waals surface area contributed by atoms with Crippen molar-refractivity contribution in [1.29, 1.82) is 0 Å². The molecular formula is C26H21F9N2O2. The Bertz CT molecular complexity index is 1270. The summed E-state index contributed by atoms with van der Waals surface area (Å²) in [7, 11) is 0. The predicted octanol–water partition coefficient (Wildman–Crippen LogP) is 6.08. The third-order valence-corrected chi connectivity index (χ3v) is 5.68. The first-order chi connectivity index (χ1) is 18.1. The van der Waals surface area contributed by atoms with Gasteiger partial charge in [0.05, 0.1) is 18.0 Å². The van der Waals surface area contributed by atoms with Crippen LogP contribution in [-0.4, -0.2) is 30.7 Å². The molecule has 0 fully saturated rings. The van der Waals surface area contributed by atoms with E-state index >= 15 is 4.39 Å². The summed E-state index contributed by atoms with van der Waals surface area (Å²) in [4.78, 5) is 12.9. The fraction of sp³-hybridized carbons (Fsp3) is 0.269. The van der Waals surface area contributed by atoms with Crippen molar-refractivity contribution < 1.29 is 49.0 Å². The normalized spacial score (nSPS) is 14.5. The van der Waals surface area contributed by atoms with Gasteiger partial charge in [-0.3, -0.25) is 4.79 Å². The molecule has 2 unspecified atom stereocenters. The van der Waals surface area contributed by atoms with Crippen LogP contribution in [0.5, 0.6) is 5.75 Å². The van der Waals surface area contributed by atoms with E-state index in [2.05, 4.69) is 10.1 Å². The second kappa shape index (κ2) is 11.6. The van der Waals surface area contributed by atoms with E-state index in [0.29, 0.717) is 11.6 Å². The van der Waals surface area contributed by atoms with E-state index < -0.39 is 65.6 Å². The van der Waals surface area contributed by atoms with E-state index in [9.17, 15) is 39.9 Å². The lowest BCUT2D eigenvalue weighted by atomic mass is 9.77. The molecule has 4 nitrogen and oxygen atoms in total. The molecule has 13 heteroatoms. The summed E-state index contributed by atoms with van der Waals surface area (Å²) in [5.74, 6) is -4.42. The molecule has 0 aliphatic carbocycles. The van der Waals surface area contributed by atoms with E-state index in [0.717, 1.165) is 36.4 Å². The van der Waals surface area contributed by atoms with Gasteiger partial charge in [-0.1, -0.05) is 42.5 Å². The van der Waals surface area contributed by atoms with Crippen LogP contribution in [0, 0.1) is 11.6 Å².